The maximum absolute atomic E-state index is 13.0. The van der Waals surface area contributed by atoms with E-state index in [1.165, 1.54) is 205 Å². The SMILES string of the molecule is CC/C=C\C/C=C\C/C=C\C/C=C\C/C=C\C/C=C\CCCCC(=O)OCC(COC(=O)CCCCCCCCCCC/C=C\CCCCCCCC)OC(=O)CCCCCCCCCCCCCCCCCCCCCCC. The minimum atomic E-state index is -0.796. The van der Waals surface area contributed by atoms with Crippen molar-refractivity contribution in [1.82, 2.24) is 0 Å². The highest BCUT2D eigenvalue weighted by atomic mass is 16.6. The maximum Gasteiger partial charge on any atom is 0.306 e. The van der Waals surface area contributed by atoms with Crippen molar-refractivity contribution >= 4 is 17.9 Å². The number of allylic oxidation sites excluding steroid dienone is 14. The Morgan fingerprint density at radius 3 is 0.810 bits per heavy atom. The van der Waals surface area contributed by atoms with E-state index < -0.39 is 6.10 Å². The van der Waals surface area contributed by atoms with E-state index in [4.69, 9.17) is 14.2 Å². The molecule has 0 saturated carbocycles. The number of ether oxygens (including phenoxy) is 3. The first-order valence-corrected chi connectivity index (χ1v) is 34.1. The van der Waals surface area contributed by atoms with Gasteiger partial charge in [-0.2, -0.15) is 0 Å². The zero-order chi connectivity index (χ0) is 57.1. The average Bonchev–Trinajstić information content (AvgIpc) is 3.45. The predicted molar refractivity (Wildman–Crippen MR) is 344 cm³/mol. The molecule has 6 nitrogen and oxygen atoms in total. The molecule has 456 valence electrons. The second-order valence-corrected chi connectivity index (χ2v) is 22.7. The lowest BCUT2D eigenvalue weighted by atomic mass is 10.0. The Kier molecular flexibility index (Phi) is 64.2. The third-order valence-electron chi connectivity index (χ3n) is 14.9. The van der Waals surface area contributed by atoms with E-state index in [0.717, 1.165) is 96.3 Å². The van der Waals surface area contributed by atoms with Crippen LogP contribution in [0.5, 0.6) is 0 Å². The highest BCUT2D eigenvalue weighted by molar-refractivity contribution is 5.71. The number of esters is 3. The molecule has 0 aromatic heterocycles. The van der Waals surface area contributed by atoms with Crippen LogP contribution in [0.1, 0.15) is 342 Å². The summed E-state index contributed by atoms with van der Waals surface area (Å²) in [5.74, 6) is -0.917. The Balaban J connectivity index is 4.43. The lowest BCUT2D eigenvalue weighted by Gasteiger charge is -2.18. The third kappa shape index (κ3) is 65.3. The third-order valence-corrected chi connectivity index (χ3v) is 14.9. The van der Waals surface area contributed by atoms with Crippen molar-refractivity contribution in [2.75, 3.05) is 13.2 Å². The van der Waals surface area contributed by atoms with Gasteiger partial charge < -0.3 is 14.2 Å². The Hall–Kier alpha value is -3.41. The largest absolute Gasteiger partial charge is 0.462 e. The maximum atomic E-state index is 13.0. The number of carbonyl (C=O) groups excluding carboxylic acids is 3. The summed E-state index contributed by atoms with van der Waals surface area (Å²) in [5, 5.41) is 0. The molecule has 0 bridgehead atoms. The van der Waals surface area contributed by atoms with Gasteiger partial charge in [0.25, 0.3) is 0 Å². The topological polar surface area (TPSA) is 78.9 Å². The minimum Gasteiger partial charge on any atom is -0.462 e. The molecule has 0 aromatic rings. The van der Waals surface area contributed by atoms with E-state index in [-0.39, 0.29) is 31.1 Å². The quantitative estimate of drug-likeness (QED) is 0.0261. The Morgan fingerprint density at radius 2 is 0.494 bits per heavy atom. The number of hydrogen-bond acceptors (Lipinski definition) is 6. The van der Waals surface area contributed by atoms with E-state index in [1.54, 1.807) is 0 Å². The summed E-state index contributed by atoms with van der Waals surface area (Å²) in [4.78, 5) is 38.4. The number of rotatable bonds is 62. The fourth-order valence-electron chi connectivity index (χ4n) is 9.80. The fraction of sp³-hybridized carbons (Fsp3) is 0.767. The summed E-state index contributed by atoms with van der Waals surface area (Å²) in [6.07, 6.45) is 88.8. The highest BCUT2D eigenvalue weighted by Gasteiger charge is 2.19. The Morgan fingerprint density at radius 1 is 0.266 bits per heavy atom. The molecule has 0 spiro atoms. The summed E-state index contributed by atoms with van der Waals surface area (Å²) in [6, 6.07) is 0. The van der Waals surface area contributed by atoms with Crippen LogP contribution in [0.15, 0.2) is 85.1 Å². The van der Waals surface area contributed by atoms with Crippen LogP contribution in [-0.4, -0.2) is 37.2 Å². The molecular formula is C73H128O6. The fourth-order valence-corrected chi connectivity index (χ4v) is 9.80. The molecule has 0 saturated heterocycles. The van der Waals surface area contributed by atoms with Crippen LogP contribution in [0.25, 0.3) is 0 Å². The monoisotopic (exact) mass is 1100 g/mol. The van der Waals surface area contributed by atoms with Gasteiger partial charge in [-0.1, -0.05) is 311 Å². The van der Waals surface area contributed by atoms with Crippen LogP contribution in [-0.2, 0) is 28.6 Å². The summed E-state index contributed by atoms with van der Waals surface area (Å²) in [7, 11) is 0. The molecule has 79 heavy (non-hydrogen) atoms. The summed E-state index contributed by atoms with van der Waals surface area (Å²) in [5.41, 5.74) is 0. The molecule has 0 aliphatic carbocycles. The molecule has 0 aliphatic heterocycles. The molecule has 0 fully saturated rings. The van der Waals surface area contributed by atoms with Crippen LogP contribution in [0.3, 0.4) is 0 Å². The molecule has 0 aromatic carbocycles. The first kappa shape index (κ1) is 75.6. The van der Waals surface area contributed by atoms with Gasteiger partial charge in [0.05, 0.1) is 0 Å². The van der Waals surface area contributed by atoms with Crippen molar-refractivity contribution in [1.29, 1.82) is 0 Å². The van der Waals surface area contributed by atoms with E-state index in [2.05, 4.69) is 106 Å². The first-order valence-electron chi connectivity index (χ1n) is 34.1. The Bertz CT molecular complexity index is 1500. The number of carbonyl (C=O) groups is 3. The lowest BCUT2D eigenvalue weighted by Crippen LogP contribution is -2.30. The average molecular weight is 1100 g/mol. The summed E-state index contributed by atoms with van der Waals surface area (Å²) < 4.78 is 17.0. The minimum absolute atomic E-state index is 0.0885. The van der Waals surface area contributed by atoms with Crippen molar-refractivity contribution in [3.05, 3.63) is 85.1 Å². The van der Waals surface area contributed by atoms with Crippen LogP contribution < -0.4 is 0 Å². The molecule has 0 aliphatic rings. The van der Waals surface area contributed by atoms with Crippen molar-refractivity contribution in [2.45, 2.75) is 348 Å². The highest BCUT2D eigenvalue weighted by Crippen LogP contribution is 2.17. The van der Waals surface area contributed by atoms with Crippen LogP contribution in [0, 0.1) is 0 Å². The summed E-state index contributed by atoms with van der Waals surface area (Å²) >= 11 is 0. The van der Waals surface area contributed by atoms with Crippen molar-refractivity contribution in [3.63, 3.8) is 0 Å². The van der Waals surface area contributed by atoms with Gasteiger partial charge in [0.15, 0.2) is 6.10 Å². The lowest BCUT2D eigenvalue weighted by molar-refractivity contribution is -0.167. The van der Waals surface area contributed by atoms with Gasteiger partial charge in [-0.15, -0.1) is 0 Å². The normalized spacial score (nSPS) is 12.6. The molecule has 1 atom stereocenters. The second-order valence-electron chi connectivity index (χ2n) is 22.7. The van der Waals surface area contributed by atoms with Gasteiger partial charge in [-0.25, -0.2) is 0 Å². The molecule has 0 radical (unpaired) electrons. The van der Waals surface area contributed by atoms with Crippen LogP contribution in [0.4, 0.5) is 0 Å². The van der Waals surface area contributed by atoms with Crippen molar-refractivity contribution in [3.8, 4) is 0 Å². The predicted octanol–water partition coefficient (Wildman–Crippen LogP) is 23.4. The molecule has 0 N–H and O–H groups in total. The molecular weight excluding hydrogens is 973 g/mol. The zero-order valence-electron chi connectivity index (χ0n) is 52.4. The standard InChI is InChI=1S/C73H128O6/c1-4-7-10-13-16-19-22-25-28-31-34-36-39-42-45-48-51-54-57-60-63-66-72(75)78-69-70(68-77-71(74)65-62-59-56-53-50-47-44-41-38-33-30-27-24-21-18-15-12-9-6-3)79-73(76)67-64-61-58-55-52-49-46-43-40-37-35-32-29-26-23-20-17-14-11-8-5-2/h7,10,16,19,25,27-28,30,34,36,42,45,51,54,70H,4-6,8-9,11-15,17-18,20-24,26,29,31-33,35,37-41,43-44,46-50,52-53,55-69H2,1-3H3/b10-7-,19-16-,28-25-,30-27-,36-34-,45-42-,54-51-. The molecule has 0 rings (SSSR count). The number of hydrogen-bond donors (Lipinski definition) is 0. The first-order chi connectivity index (χ1) is 39.0. The number of unbranched alkanes of at least 4 members (excludes halogenated alkanes) is 37. The van der Waals surface area contributed by atoms with E-state index in [1.807, 2.05) is 0 Å². The van der Waals surface area contributed by atoms with Gasteiger partial charge in [0.2, 0.25) is 0 Å². The van der Waals surface area contributed by atoms with Crippen molar-refractivity contribution in [2.24, 2.45) is 0 Å². The Labute approximate surface area is 490 Å². The molecule has 1 unspecified atom stereocenters. The molecule has 0 heterocycles. The van der Waals surface area contributed by atoms with E-state index in [0.29, 0.717) is 19.3 Å². The zero-order valence-corrected chi connectivity index (χ0v) is 52.4. The van der Waals surface area contributed by atoms with Crippen LogP contribution >= 0.6 is 0 Å². The summed E-state index contributed by atoms with van der Waals surface area (Å²) in [6.45, 7) is 6.54. The van der Waals surface area contributed by atoms with E-state index >= 15 is 0 Å². The van der Waals surface area contributed by atoms with Crippen molar-refractivity contribution < 1.29 is 28.6 Å². The van der Waals surface area contributed by atoms with Gasteiger partial charge in [0.1, 0.15) is 13.2 Å². The van der Waals surface area contributed by atoms with Gasteiger partial charge in [-0.05, 0) is 96.3 Å². The van der Waals surface area contributed by atoms with Gasteiger partial charge in [-0.3, -0.25) is 14.4 Å². The van der Waals surface area contributed by atoms with Gasteiger partial charge >= 0.3 is 17.9 Å². The van der Waals surface area contributed by atoms with Crippen LogP contribution in [0.2, 0.25) is 0 Å². The second kappa shape index (κ2) is 67.1. The molecule has 0 amide bonds. The molecule has 6 heteroatoms. The smallest absolute Gasteiger partial charge is 0.306 e. The van der Waals surface area contributed by atoms with E-state index in [9.17, 15) is 14.4 Å². The van der Waals surface area contributed by atoms with Gasteiger partial charge in [0, 0.05) is 19.3 Å².